The van der Waals surface area contributed by atoms with Crippen molar-refractivity contribution in [2.24, 2.45) is 0 Å². The van der Waals surface area contributed by atoms with Crippen molar-refractivity contribution in [3.8, 4) is 0 Å². The third kappa shape index (κ3) is 5.40. The normalized spacial score (nSPS) is 12.0. The summed E-state index contributed by atoms with van der Waals surface area (Å²) in [5.41, 5.74) is 1.15. The molecule has 2 nitrogen and oxygen atoms in total. The number of carbonyl (C=O) groups excluding carboxylic acids is 1. The van der Waals surface area contributed by atoms with Gasteiger partial charge in [0.2, 0.25) is 6.41 Å². The average Bonchev–Trinajstić information content (AvgIpc) is 2.01. The number of nitrogens with one attached hydrogen (secondary N) is 1. The second kappa shape index (κ2) is 7.06. The third-order valence-corrected chi connectivity index (χ3v) is 1.26. The first-order valence-electron chi connectivity index (χ1n) is 3.86. The number of hydrogen-bond acceptors (Lipinski definition) is 1. The van der Waals surface area contributed by atoms with Gasteiger partial charge in [-0.15, -0.1) is 0 Å². The Hall–Kier alpha value is -1.05. The zero-order valence-corrected chi connectivity index (χ0v) is 7.13. The van der Waals surface area contributed by atoms with Crippen LogP contribution < -0.4 is 5.32 Å². The highest BCUT2D eigenvalue weighted by Crippen LogP contribution is 2.04. The van der Waals surface area contributed by atoms with Crippen molar-refractivity contribution in [3.05, 3.63) is 23.9 Å². The van der Waals surface area contributed by atoms with E-state index in [1.807, 2.05) is 19.1 Å². The molecule has 62 valence electrons. The van der Waals surface area contributed by atoms with E-state index in [2.05, 4.69) is 12.2 Å². The van der Waals surface area contributed by atoms with Gasteiger partial charge in [0.05, 0.1) is 0 Å². The molecule has 0 aromatic rings. The Morgan fingerprint density at radius 2 is 2.27 bits per heavy atom. The Balaban J connectivity index is 3.95. The van der Waals surface area contributed by atoms with Crippen molar-refractivity contribution >= 4 is 6.41 Å². The van der Waals surface area contributed by atoms with Gasteiger partial charge in [0.1, 0.15) is 0 Å². The zero-order chi connectivity index (χ0) is 8.53. The first kappa shape index (κ1) is 9.95. The van der Waals surface area contributed by atoms with Gasteiger partial charge in [-0.2, -0.15) is 0 Å². The van der Waals surface area contributed by atoms with Crippen LogP contribution in [0.1, 0.15) is 26.7 Å². The molecule has 0 aromatic carbocycles. The summed E-state index contributed by atoms with van der Waals surface area (Å²) >= 11 is 0. The molecule has 0 saturated heterocycles. The van der Waals surface area contributed by atoms with Gasteiger partial charge in [-0.3, -0.25) is 4.79 Å². The van der Waals surface area contributed by atoms with Crippen LogP contribution in [0.5, 0.6) is 0 Å². The molecule has 0 atom stereocenters. The van der Waals surface area contributed by atoms with E-state index in [1.165, 1.54) is 0 Å². The maximum atomic E-state index is 9.94. The Bertz CT molecular complexity index is 159. The molecule has 0 saturated carbocycles. The quantitative estimate of drug-likeness (QED) is 0.475. The lowest BCUT2D eigenvalue weighted by Gasteiger charge is -1.97. The summed E-state index contributed by atoms with van der Waals surface area (Å²) in [4.78, 5) is 9.94. The molecule has 0 rings (SSSR count). The molecule has 1 N–H and O–H groups in total. The number of rotatable bonds is 5. The minimum Gasteiger partial charge on any atom is -0.335 e. The molecule has 11 heavy (non-hydrogen) atoms. The number of carbonyl (C=O) groups is 1. The fraction of sp³-hybridized carbons (Fsp3) is 0.444. The summed E-state index contributed by atoms with van der Waals surface area (Å²) in [5, 5.41) is 2.52. The van der Waals surface area contributed by atoms with Crippen molar-refractivity contribution in [3.63, 3.8) is 0 Å². The van der Waals surface area contributed by atoms with Crippen molar-refractivity contribution in [2.45, 2.75) is 26.7 Å². The highest BCUT2D eigenvalue weighted by atomic mass is 16.1. The summed E-state index contributed by atoms with van der Waals surface area (Å²) < 4.78 is 0. The highest BCUT2D eigenvalue weighted by molar-refractivity contribution is 5.48. The largest absolute Gasteiger partial charge is 0.335 e. The second-order valence-electron chi connectivity index (χ2n) is 2.25. The van der Waals surface area contributed by atoms with Gasteiger partial charge in [-0.05, 0) is 18.9 Å². The van der Waals surface area contributed by atoms with Crippen molar-refractivity contribution < 1.29 is 4.79 Å². The van der Waals surface area contributed by atoms with E-state index in [1.54, 1.807) is 6.20 Å². The van der Waals surface area contributed by atoms with Gasteiger partial charge in [-0.25, -0.2) is 0 Å². The van der Waals surface area contributed by atoms with E-state index in [4.69, 9.17) is 0 Å². The maximum absolute atomic E-state index is 9.94. The summed E-state index contributed by atoms with van der Waals surface area (Å²) in [6, 6.07) is 0. The van der Waals surface area contributed by atoms with Gasteiger partial charge in [0.25, 0.3) is 0 Å². The van der Waals surface area contributed by atoms with Crippen LogP contribution in [0.3, 0.4) is 0 Å². The Labute approximate surface area is 68.0 Å². The lowest BCUT2D eigenvalue weighted by atomic mass is 10.1. The molecule has 1 amide bonds. The number of allylic oxidation sites excluding steroid dienone is 3. The van der Waals surface area contributed by atoms with Crippen LogP contribution >= 0.6 is 0 Å². The Morgan fingerprint density at radius 3 is 2.73 bits per heavy atom. The molecule has 0 heterocycles. The first-order valence-corrected chi connectivity index (χ1v) is 3.86. The molecule has 0 spiro atoms. The van der Waals surface area contributed by atoms with Crippen molar-refractivity contribution in [1.82, 2.24) is 5.32 Å². The number of hydrogen-bond donors (Lipinski definition) is 1. The summed E-state index contributed by atoms with van der Waals surface area (Å²) in [7, 11) is 0. The van der Waals surface area contributed by atoms with Gasteiger partial charge in [0.15, 0.2) is 0 Å². The monoisotopic (exact) mass is 153 g/mol. The molecule has 0 unspecified atom stereocenters. The van der Waals surface area contributed by atoms with E-state index in [-0.39, 0.29) is 0 Å². The summed E-state index contributed by atoms with van der Waals surface area (Å²) in [6.45, 7) is 4.07. The van der Waals surface area contributed by atoms with Gasteiger partial charge >= 0.3 is 0 Å². The van der Waals surface area contributed by atoms with Crippen molar-refractivity contribution in [2.75, 3.05) is 0 Å². The number of amides is 1. The van der Waals surface area contributed by atoms with E-state index in [0.717, 1.165) is 18.4 Å². The van der Waals surface area contributed by atoms with E-state index >= 15 is 0 Å². The van der Waals surface area contributed by atoms with Gasteiger partial charge in [0, 0.05) is 6.20 Å². The third-order valence-electron chi connectivity index (χ3n) is 1.26. The van der Waals surface area contributed by atoms with E-state index in [0.29, 0.717) is 6.41 Å². The molecule has 0 aliphatic heterocycles. The van der Waals surface area contributed by atoms with Crippen LogP contribution in [0.25, 0.3) is 0 Å². The molecular weight excluding hydrogens is 138 g/mol. The Kier molecular flexibility index (Phi) is 6.39. The van der Waals surface area contributed by atoms with Crippen LogP contribution in [0.2, 0.25) is 0 Å². The second-order valence-corrected chi connectivity index (χ2v) is 2.25. The Morgan fingerprint density at radius 1 is 1.55 bits per heavy atom. The van der Waals surface area contributed by atoms with Crippen LogP contribution in [-0.4, -0.2) is 6.41 Å². The predicted molar refractivity (Wildman–Crippen MR) is 47.0 cm³/mol. The molecular formula is C9H15NO. The lowest BCUT2D eigenvalue weighted by molar-refractivity contribution is -0.108. The molecule has 0 fully saturated rings. The van der Waals surface area contributed by atoms with Crippen LogP contribution in [-0.2, 0) is 4.79 Å². The average molecular weight is 153 g/mol. The molecule has 0 aliphatic carbocycles. The van der Waals surface area contributed by atoms with Crippen LogP contribution in [0.15, 0.2) is 23.9 Å². The van der Waals surface area contributed by atoms with Gasteiger partial charge in [-0.1, -0.05) is 25.5 Å². The van der Waals surface area contributed by atoms with Crippen LogP contribution in [0.4, 0.5) is 0 Å². The minimum atomic E-state index is 0.680. The lowest BCUT2D eigenvalue weighted by Crippen LogP contribution is -2.00. The first-order chi connectivity index (χ1) is 5.35. The molecule has 0 aliphatic rings. The summed E-state index contributed by atoms with van der Waals surface area (Å²) in [6.07, 6.45) is 8.48. The van der Waals surface area contributed by atoms with Crippen molar-refractivity contribution in [1.29, 1.82) is 0 Å². The summed E-state index contributed by atoms with van der Waals surface area (Å²) in [5.74, 6) is 0. The molecule has 0 aromatic heterocycles. The standard InChI is InChI=1S/C9H15NO/c1-3-5-9(6-4-2)7-10-8-11/h3,5,7-8H,4,6H2,1-2H3,(H,10,11)/b5-3-,9-7+. The zero-order valence-electron chi connectivity index (χ0n) is 7.13. The molecule has 0 bridgehead atoms. The SMILES string of the molecule is C/C=C\C(=C/NC=O)CCC. The van der Waals surface area contributed by atoms with E-state index < -0.39 is 0 Å². The fourth-order valence-electron chi connectivity index (χ4n) is 0.847. The topological polar surface area (TPSA) is 29.1 Å². The maximum Gasteiger partial charge on any atom is 0.211 e. The molecule has 0 radical (unpaired) electrons. The molecule has 2 heteroatoms. The highest BCUT2D eigenvalue weighted by Gasteiger charge is 1.87. The minimum absolute atomic E-state index is 0.680. The van der Waals surface area contributed by atoms with E-state index in [9.17, 15) is 4.79 Å². The van der Waals surface area contributed by atoms with Gasteiger partial charge < -0.3 is 5.32 Å². The smallest absolute Gasteiger partial charge is 0.211 e. The predicted octanol–water partition coefficient (Wildman–Crippen LogP) is 1.99. The fourth-order valence-corrected chi connectivity index (χ4v) is 0.847. The van der Waals surface area contributed by atoms with Crippen LogP contribution in [0, 0.1) is 0 Å².